The van der Waals surface area contributed by atoms with Gasteiger partial charge in [0.2, 0.25) is 0 Å². The maximum absolute atomic E-state index is 4.75. The van der Waals surface area contributed by atoms with Gasteiger partial charge in [-0.1, -0.05) is 25.5 Å². The second-order valence-electron chi connectivity index (χ2n) is 7.68. The zero-order valence-electron chi connectivity index (χ0n) is 16.9. The molecule has 0 unspecified atom stereocenters. The molecule has 3 aromatic rings. The number of piperidine rings is 1. The summed E-state index contributed by atoms with van der Waals surface area (Å²) in [5.74, 6) is 3.07. The van der Waals surface area contributed by atoms with Gasteiger partial charge < -0.3 is 15.2 Å². The van der Waals surface area contributed by atoms with E-state index in [4.69, 9.17) is 4.98 Å². The summed E-state index contributed by atoms with van der Waals surface area (Å²) in [7, 11) is 0. The Balaban J connectivity index is 1.28. The van der Waals surface area contributed by atoms with E-state index in [0.29, 0.717) is 6.04 Å². The van der Waals surface area contributed by atoms with Crippen LogP contribution in [-0.4, -0.2) is 45.6 Å². The Hall–Kier alpha value is -2.47. The van der Waals surface area contributed by atoms with Gasteiger partial charge >= 0.3 is 0 Å². The van der Waals surface area contributed by atoms with Gasteiger partial charge in [-0.25, -0.2) is 15.0 Å². The molecule has 6 nitrogen and oxygen atoms in total. The lowest BCUT2D eigenvalue weighted by atomic mass is 10.0. The van der Waals surface area contributed by atoms with E-state index in [-0.39, 0.29) is 0 Å². The zero-order valence-corrected chi connectivity index (χ0v) is 16.9. The van der Waals surface area contributed by atoms with Crippen LogP contribution in [0.2, 0.25) is 0 Å². The number of hydrogen-bond acceptors (Lipinski definition) is 5. The van der Waals surface area contributed by atoms with E-state index < -0.39 is 0 Å². The summed E-state index contributed by atoms with van der Waals surface area (Å²) in [6.07, 6.45) is 7.41. The van der Waals surface area contributed by atoms with Crippen LogP contribution >= 0.6 is 0 Å². The Labute approximate surface area is 166 Å². The molecule has 0 spiro atoms. The molecule has 0 radical (unpaired) electrons. The van der Waals surface area contributed by atoms with Gasteiger partial charge in [0.15, 0.2) is 0 Å². The summed E-state index contributed by atoms with van der Waals surface area (Å²) in [5.41, 5.74) is 3.45. The number of nitrogens with zero attached hydrogens (tertiary/aromatic N) is 4. The zero-order chi connectivity index (χ0) is 19.3. The molecule has 0 saturated carbocycles. The fourth-order valence-electron chi connectivity index (χ4n) is 4.02. The van der Waals surface area contributed by atoms with Crippen LogP contribution in [0.1, 0.15) is 43.4 Å². The van der Waals surface area contributed by atoms with Gasteiger partial charge in [0.25, 0.3) is 0 Å². The molecule has 6 heteroatoms. The highest BCUT2D eigenvalue weighted by molar-refractivity contribution is 5.74. The molecule has 148 valence electrons. The number of anilines is 1. The van der Waals surface area contributed by atoms with Crippen molar-refractivity contribution in [2.75, 3.05) is 24.5 Å². The minimum Gasteiger partial charge on any atom is -0.356 e. The predicted octanol–water partition coefficient (Wildman–Crippen LogP) is 3.41. The highest BCUT2D eigenvalue weighted by Gasteiger charge is 2.22. The fraction of sp³-hybridized carbons (Fsp3) is 0.500. The Kier molecular flexibility index (Phi) is 5.86. The van der Waals surface area contributed by atoms with Gasteiger partial charge in [-0.05, 0) is 38.3 Å². The maximum Gasteiger partial charge on any atom is 0.135 e. The molecular weight excluding hydrogens is 348 g/mol. The number of hydrogen-bond donors (Lipinski definition) is 2. The SMILES string of the molecule is CCCc1cnc(C)nc1N1CCC(NCCc2nc3ccccc3[nH]2)CC1. The first-order valence-electron chi connectivity index (χ1n) is 10.5. The summed E-state index contributed by atoms with van der Waals surface area (Å²) in [4.78, 5) is 19.7. The van der Waals surface area contributed by atoms with E-state index >= 15 is 0 Å². The minimum atomic E-state index is 0.568. The van der Waals surface area contributed by atoms with E-state index in [1.165, 1.54) is 5.56 Å². The quantitative estimate of drug-likeness (QED) is 0.659. The van der Waals surface area contributed by atoms with Crippen molar-refractivity contribution < 1.29 is 0 Å². The highest BCUT2D eigenvalue weighted by atomic mass is 15.2. The van der Waals surface area contributed by atoms with Crippen molar-refractivity contribution in [3.63, 3.8) is 0 Å². The molecule has 1 aliphatic heterocycles. The van der Waals surface area contributed by atoms with Gasteiger partial charge in [-0.15, -0.1) is 0 Å². The molecule has 1 aromatic carbocycles. The van der Waals surface area contributed by atoms with Gasteiger partial charge in [0.1, 0.15) is 17.5 Å². The highest BCUT2D eigenvalue weighted by Crippen LogP contribution is 2.23. The molecule has 4 rings (SSSR count). The normalized spacial score (nSPS) is 15.4. The molecule has 0 aliphatic carbocycles. The van der Waals surface area contributed by atoms with E-state index in [0.717, 1.165) is 80.2 Å². The summed E-state index contributed by atoms with van der Waals surface area (Å²) >= 11 is 0. The Morgan fingerprint density at radius 2 is 1.96 bits per heavy atom. The molecule has 3 heterocycles. The van der Waals surface area contributed by atoms with Crippen molar-refractivity contribution in [2.24, 2.45) is 0 Å². The third kappa shape index (κ3) is 4.33. The molecule has 0 atom stereocenters. The fourth-order valence-corrected chi connectivity index (χ4v) is 4.02. The third-order valence-electron chi connectivity index (χ3n) is 5.51. The Morgan fingerprint density at radius 3 is 2.75 bits per heavy atom. The predicted molar refractivity (Wildman–Crippen MR) is 114 cm³/mol. The minimum absolute atomic E-state index is 0.568. The number of benzene rings is 1. The second kappa shape index (κ2) is 8.69. The van der Waals surface area contributed by atoms with Gasteiger partial charge in [0, 0.05) is 43.9 Å². The van der Waals surface area contributed by atoms with E-state index in [1.54, 1.807) is 0 Å². The van der Waals surface area contributed by atoms with Crippen molar-refractivity contribution in [1.29, 1.82) is 0 Å². The van der Waals surface area contributed by atoms with Crippen LogP contribution in [-0.2, 0) is 12.8 Å². The van der Waals surface area contributed by atoms with E-state index in [9.17, 15) is 0 Å². The molecule has 1 fully saturated rings. The number of fused-ring (bicyclic) bond motifs is 1. The van der Waals surface area contributed by atoms with Gasteiger partial charge in [-0.3, -0.25) is 0 Å². The summed E-state index contributed by atoms with van der Waals surface area (Å²) in [6, 6.07) is 8.78. The summed E-state index contributed by atoms with van der Waals surface area (Å²) in [5, 5.41) is 3.72. The molecule has 0 amide bonds. The number of nitrogens with one attached hydrogen (secondary N) is 2. The van der Waals surface area contributed by atoms with E-state index in [2.05, 4.69) is 44.2 Å². The molecule has 2 N–H and O–H groups in total. The van der Waals surface area contributed by atoms with Crippen LogP contribution in [0, 0.1) is 6.92 Å². The summed E-state index contributed by atoms with van der Waals surface area (Å²) < 4.78 is 0. The van der Waals surface area contributed by atoms with Crippen molar-refractivity contribution in [2.45, 2.75) is 52.0 Å². The average Bonchev–Trinajstić information content (AvgIpc) is 3.13. The van der Waals surface area contributed by atoms with Crippen molar-refractivity contribution in [3.05, 3.63) is 47.7 Å². The van der Waals surface area contributed by atoms with Crippen LogP contribution < -0.4 is 10.2 Å². The monoisotopic (exact) mass is 378 g/mol. The number of rotatable bonds is 7. The Morgan fingerprint density at radius 1 is 1.14 bits per heavy atom. The average molecular weight is 379 g/mol. The lowest BCUT2D eigenvalue weighted by molar-refractivity contribution is 0.414. The molecule has 2 aromatic heterocycles. The number of H-pyrrole nitrogens is 1. The van der Waals surface area contributed by atoms with Gasteiger partial charge in [0.05, 0.1) is 11.0 Å². The van der Waals surface area contributed by atoms with Crippen LogP contribution in [0.4, 0.5) is 5.82 Å². The lowest BCUT2D eigenvalue weighted by Crippen LogP contribution is -2.43. The van der Waals surface area contributed by atoms with Crippen molar-refractivity contribution >= 4 is 16.9 Å². The van der Waals surface area contributed by atoms with Crippen LogP contribution in [0.3, 0.4) is 0 Å². The van der Waals surface area contributed by atoms with Crippen molar-refractivity contribution in [1.82, 2.24) is 25.3 Å². The first-order valence-corrected chi connectivity index (χ1v) is 10.5. The molecule has 0 bridgehead atoms. The first-order chi connectivity index (χ1) is 13.7. The molecular formula is C22H30N6. The van der Waals surface area contributed by atoms with E-state index in [1.807, 2.05) is 25.3 Å². The smallest absolute Gasteiger partial charge is 0.135 e. The van der Waals surface area contributed by atoms with Gasteiger partial charge in [-0.2, -0.15) is 0 Å². The molecule has 1 aliphatic rings. The molecule has 28 heavy (non-hydrogen) atoms. The largest absolute Gasteiger partial charge is 0.356 e. The lowest BCUT2D eigenvalue weighted by Gasteiger charge is -2.34. The standard InChI is InChI=1S/C22H30N6/c1-3-6-17-15-24-16(2)25-22(17)28-13-10-18(11-14-28)23-12-9-21-26-19-7-4-5-8-20(19)27-21/h4-5,7-8,15,18,23H,3,6,9-14H2,1-2H3,(H,26,27). The topological polar surface area (TPSA) is 69.7 Å². The third-order valence-corrected chi connectivity index (χ3v) is 5.51. The molecule has 1 saturated heterocycles. The van der Waals surface area contributed by atoms with Crippen LogP contribution in [0.5, 0.6) is 0 Å². The first kappa shape index (κ1) is 18.9. The number of aromatic amines is 1. The van der Waals surface area contributed by atoms with Crippen molar-refractivity contribution in [3.8, 4) is 0 Å². The number of aromatic nitrogens is 4. The number of aryl methyl sites for hydroxylation is 2. The number of para-hydroxylation sites is 2. The summed E-state index contributed by atoms with van der Waals surface area (Å²) in [6.45, 7) is 7.25. The van der Waals surface area contributed by atoms with Crippen LogP contribution in [0.25, 0.3) is 11.0 Å². The number of imidazole rings is 1. The van der Waals surface area contributed by atoms with Crippen LogP contribution in [0.15, 0.2) is 30.5 Å². The maximum atomic E-state index is 4.75. The Bertz CT molecular complexity index is 877. The second-order valence-corrected chi connectivity index (χ2v) is 7.68.